The molecule has 0 aromatic heterocycles. The van der Waals surface area contributed by atoms with Gasteiger partial charge in [0.15, 0.2) is 0 Å². The number of hydrogen-bond donors (Lipinski definition) is 2. The fourth-order valence-corrected chi connectivity index (χ4v) is 5.92. The molecular weight excluding hydrogens is 416 g/mol. The van der Waals surface area contributed by atoms with Crippen LogP contribution >= 0.6 is 0 Å². The molecule has 0 aliphatic carbocycles. The highest BCUT2D eigenvalue weighted by Gasteiger charge is 2.26. The van der Waals surface area contributed by atoms with Crippen molar-refractivity contribution in [1.29, 1.82) is 0 Å². The Bertz CT molecular complexity index is 675. The van der Waals surface area contributed by atoms with Crippen molar-refractivity contribution in [3.05, 3.63) is 71.8 Å². The number of hydrogen-bond acceptors (Lipinski definition) is 3. The summed E-state index contributed by atoms with van der Waals surface area (Å²) in [5.74, 6) is 1.52. The first kappa shape index (κ1) is 26.9. The molecule has 0 saturated heterocycles. The van der Waals surface area contributed by atoms with Crippen LogP contribution in [0, 0.1) is 0 Å². The topological polar surface area (TPSA) is 63.5 Å². The van der Waals surface area contributed by atoms with Crippen LogP contribution in [0.4, 0.5) is 0 Å². The molecule has 0 spiro atoms. The van der Waals surface area contributed by atoms with Gasteiger partial charge in [0.1, 0.15) is 11.5 Å². The van der Waals surface area contributed by atoms with Crippen molar-refractivity contribution >= 4 is 11.2 Å². The van der Waals surface area contributed by atoms with Crippen molar-refractivity contribution in [1.82, 2.24) is 0 Å². The quantitative estimate of drug-likeness (QED) is 0.248. The Hall–Kier alpha value is -1.33. The van der Waals surface area contributed by atoms with E-state index in [1.807, 2.05) is 12.1 Å². The first-order valence-electron chi connectivity index (χ1n) is 12.1. The van der Waals surface area contributed by atoms with Crippen LogP contribution in [0.3, 0.4) is 0 Å². The van der Waals surface area contributed by atoms with Gasteiger partial charge in [-0.3, -0.25) is 0 Å². The van der Waals surface area contributed by atoms with E-state index in [2.05, 4.69) is 62.4 Å². The molecule has 0 aliphatic heterocycles. The molecule has 32 heavy (non-hydrogen) atoms. The summed E-state index contributed by atoms with van der Waals surface area (Å²) in [4.78, 5) is 0. The molecule has 178 valence electrons. The largest absolute Gasteiger partial charge is 0.616 e. The van der Waals surface area contributed by atoms with Crippen molar-refractivity contribution in [3.63, 3.8) is 0 Å². The lowest BCUT2D eigenvalue weighted by atomic mass is 9.76. The highest BCUT2D eigenvalue weighted by Crippen LogP contribution is 2.34. The second-order valence-electron chi connectivity index (χ2n) is 9.56. The van der Waals surface area contributed by atoms with Crippen LogP contribution < -0.4 is 0 Å². The van der Waals surface area contributed by atoms with Gasteiger partial charge in [0, 0.05) is 13.2 Å². The Kier molecular flexibility index (Phi) is 11.8. The van der Waals surface area contributed by atoms with E-state index in [1.54, 1.807) is 0 Å². The van der Waals surface area contributed by atoms with Gasteiger partial charge in [-0.05, 0) is 73.3 Å². The number of unbranched alkanes of at least 4 members (excludes halogenated alkanes) is 2. The summed E-state index contributed by atoms with van der Waals surface area (Å²) in [6, 6.07) is 20.9. The molecule has 2 N–H and O–H groups in total. The lowest BCUT2D eigenvalue weighted by Crippen LogP contribution is -2.24. The maximum Gasteiger partial charge on any atom is 0.105 e. The summed E-state index contributed by atoms with van der Waals surface area (Å²) in [7, 11) is 0. The fraction of sp³-hybridized carbons (Fsp3) is 0.571. The summed E-state index contributed by atoms with van der Waals surface area (Å²) >= 11 is -0.772. The van der Waals surface area contributed by atoms with Crippen LogP contribution in [-0.2, 0) is 22.0 Å². The van der Waals surface area contributed by atoms with Crippen LogP contribution in [0.2, 0.25) is 0 Å². The molecule has 0 radical (unpaired) electrons. The SMILES string of the molecule is CC(CCO)(CCCC[S+]([O-])CCCCC(C)(CCO)c1ccccc1)c1ccccc1. The third kappa shape index (κ3) is 8.55. The summed E-state index contributed by atoms with van der Waals surface area (Å²) in [5.41, 5.74) is 2.51. The Morgan fingerprint density at radius 3 is 1.34 bits per heavy atom. The third-order valence-electron chi connectivity index (χ3n) is 6.97. The molecular formula is C28H42O3S. The summed E-state index contributed by atoms with van der Waals surface area (Å²) < 4.78 is 12.5. The molecule has 0 amide bonds. The summed E-state index contributed by atoms with van der Waals surface area (Å²) in [6.45, 7) is 4.84. The number of benzene rings is 2. The van der Waals surface area contributed by atoms with Gasteiger partial charge in [-0.25, -0.2) is 0 Å². The molecule has 0 heterocycles. The van der Waals surface area contributed by atoms with E-state index in [4.69, 9.17) is 0 Å². The number of rotatable bonds is 16. The molecule has 0 bridgehead atoms. The molecule has 2 unspecified atom stereocenters. The minimum Gasteiger partial charge on any atom is -0.616 e. The Morgan fingerprint density at radius 2 is 1.00 bits per heavy atom. The molecule has 2 aromatic rings. The van der Waals surface area contributed by atoms with Gasteiger partial charge < -0.3 is 14.8 Å². The van der Waals surface area contributed by atoms with Crippen molar-refractivity contribution < 1.29 is 14.8 Å². The maximum absolute atomic E-state index is 12.5. The molecule has 0 aliphatic rings. The molecule has 0 saturated carbocycles. The predicted molar refractivity (Wildman–Crippen MR) is 137 cm³/mol. The Labute approximate surface area is 198 Å². The van der Waals surface area contributed by atoms with Gasteiger partial charge in [0.2, 0.25) is 0 Å². The number of aliphatic hydroxyl groups excluding tert-OH is 2. The second kappa shape index (κ2) is 14.0. The second-order valence-corrected chi connectivity index (χ2v) is 11.3. The monoisotopic (exact) mass is 458 g/mol. The van der Waals surface area contributed by atoms with Crippen LogP contribution in [0.5, 0.6) is 0 Å². The smallest absolute Gasteiger partial charge is 0.105 e. The van der Waals surface area contributed by atoms with Gasteiger partial charge >= 0.3 is 0 Å². The van der Waals surface area contributed by atoms with Crippen molar-refractivity contribution in [2.24, 2.45) is 0 Å². The lowest BCUT2D eigenvalue weighted by molar-refractivity contribution is 0.235. The van der Waals surface area contributed by atoms with E-state index in [9.17, 15) is 14.8 Å². The zero-order valence-corrected chi connectivity index (χ0v) is 20.8. The normalized spacial score (nSPS) is 16.3. The van der Waals surface area contributed by atoms with Crippen LogP contribution in [0.15, 0.2) is 60.7 Å². The zero-order valence-electron chi connectivity index (χ0n) is 20.0. The van der Waals surface area contributed by atoms with E-state index >= 15 is 0 Å². The number of aliphatic hydroxyl groups is 2. The molecule has 2 aromatic carbocycles. The molecule has 4 heteroatoms. The zero-order chi connectivity index (χ0) is 23.3. The van der Waals surface area contributed by atoms with Crippen molar-refractivity contribution in [2.75, 3.05) is 24.7 Å². The standard InChI is InChI=1S/C28H42O3S/c1-27(19-21-29,25-13-5-3-6-14-25)17-9-11-23-32(31)24-12-10-18-28(2,20-22-30)26-15-7-4-8-16-26/h3-8,13-16,29-30H,9-12,17-24H2,1-2H3. The molecule has 2 rings (SSSR count). The minimum absolute atomic E-state index is 0.0217. The van der Waals surface area contributed by atoms with Crippen molar-refractivity contribution in [3.8, 4) is 0 Å². The van der Waals surface area contributed by atoms with E-state index < -0.39 is 11.2 Å². The summed E-state index contributed by atoms with van der Waals surface area (Å²) in [6.07, 6.45) is 7.51. The van der Waals surface area contributed by atoms with Gasteiger partial charge in [0.05, 0.1) is 0 Å². The molecule has 2 atom stereocenters. The predicted octanol–water partition coefficient (Wildman–Crippen LogP) is 5.76. The van der Waals surface area contributed by atoms with Crippen molar-refractivity contribution in [2.45, 2.75) is 76.0 Å². The first-order chi connectivity index (χ1) is 15.4. The first-order valence-corrected chi connectivity index (χ1v) is 13.6. The minimum atomic E-state index is -0.772. The fourth-order valence-electron chi connectivity index (χ4n) is 4.66. The van der Waals surface area contributed by atoms with E-state index in [1.165, 1.54) is 11.1 Å². The van der Waals surface area contributed by atoms with E-state index in [0.29, 0.717) is 0 Å². The molecule has 0 fully saturated rings. The van der Waals surface area contributed by atoms with Gasteiger partial charge in [-0.2, -0.15) is 0 Å². The van der Waals surface area contributed by atoms with Gasteiger partial charge in [0.25, 0.3) is 0 Å². The average Bonchev–Trinajstić information content (AvgIpc) is 2.81. The van der Waals surface area contributed by atoms with E-state index in [-0.39, 0.29) is 24.0 Å². The highest BCUT2D eigenvalue weighted by molar-refractivity contribution is 7.91. The Balaban J connectivity index is 1.70. The van der Waals surface area contributed by atoms with Gasteiger partial charge in [-0.1, -0.05) is 85.7 Å². The Morgan fingerprint density at radius 1 is 0.625 bits per heavy atom. The van der Waals surface area contributed by atoms with Gasteiger partial charge in [-0.15, -0.1) is 0 Å². The van der Waals surface area contributed by atoms with E-state index in [0.717, 1.165) is 62.9 Å². The van der Waals surface area contributed by atoms with Crippen LogP contribution in [0.25, 0.3) is 0 Å². The molecule has 3 nitrogen and oxygen atoms in total. The summed E-state index contributed by atoms with van der Waals surface area (Å²) in [5, 5.41) is 19.1. The maximum atomic E-state index is 12.5. The van der Waals surface area contributed by atoms with Crippen LogP contribution in [0.1, 0.15) is 76.3 Å². The van der Waals surface area contributed by atoms with Crippen LogP contribution in [-0.4, -0.2) is 39.5 Å². The highest BCUT2D eigenvalue weighted by atomic mass is 32.2. The average molecular weight is 459 g/mol. The third-order valence-corrected chi connectivity index (χ3v) is 8.46. The lowest BCUT2D eigenvalue weighted by Gasteiger charge is -2.30.